The van der Waals surface area contributed by atoms with Crippen LogP contribution in [0.4, 0.5) is 4.79 Å². The van der Waals surface area contributed by atoms with Gasteiger partial charge in [0.15, 0.2) is 5.72 Å². The molecule has 4 bridgehead atoms. The van der Waals surface area contributed by atoms with Crippen LogP contribution in [0.2, 0.25) is 5.02 Å². The van der Waals surface area contributed by atoms with Crippen LogP contribution in [0.15, 0.2) is 35.9 Å². The molecule has 23 heteroatoms. The second kappa shape index (κ2) is 24.4. The molecular formula is C48H67ClN6O15S. The standard InChI is InChI=1S/C48H67ClN6O15S/c1-26-11-9-13-35(67-8)48(65)24-33(68-46(64)52-48)27(2)42-47(4,70-42)36(23-39(58)53(5)25-30-20-29(19-26)21-32(66-7)41(30)49)69-45(63)28(3)54(6)38(57)15-18-71-34-22-40(59)55(43(34)60)17-14-37(56)51-16-10-12-31(50)44(61)62/h9,11,13,20-21,27-28,31,33-36,42,65H,10,12,14-19,22-25,50H2,1-8H3,(H,51,56)(H,52,64)(H,61,62)/b13-9+,26-11+/t27-,28+,31?,33+,34?,35-,36?,42+,47+,48+/m1/s1. The smallest absolute Gasteiger partial charge is 0.409 e. The normalized spacial score (nSPS) is 29.0. The molecular weight excluding hydrogens is 968 g/mol. The number of imide groups is 1. The van der Waals surface area contributed by atoms with Crippen molar-refractivity contribution in [1.82, 2.24) is 25.3 Å². The molecule has 1 aromatic carbocycles. The number of thioether (sulfide) groups is 1. The summed E-state index contributed by atoms with van der Waals surface area (Å²) in [6.45, 7) is 6.94. The number of epoxide rings is 1. The fraction of sp³-hybridized carbons (Fsp3) is 0.625. The average molecular weight is 1040 g/mol. The number of nitrogens with two attached hydrogens (primary N) is 1. The summed E-state index contributed by atoms with van der Waals surface area (Å²) in [5, 5.41) is 25.4. The molecule has 4 aliphatic rings. The highest BCUT2D eigenvalue weighted by Gasteiger charge is 2.64. The molecule has 0 spiro atoms. The van der Waals surface area contributed by atoms with E-state index in [2.05, 4.69) is 10.6 Å². The number of fused-ring (bicyclic) bond motifs is 5. The number of carboxylic acids is 1. The fourth-order valence-corrected chi connectivity index (χ4v) is 10.2. The molecule has 5 rings (SSSR count). The molecule has 0 radical (unpaired) electrons. The topological polar surface area (TPSA) is 286 Å². The maximum Gasteiger partial charge on any atom is 0.409 e. The monoisotopic (exact) mass is 1030 g/mol. The van der Waals surface area contributed by atoms with E-state index in [4.69, 9.17) is 46.1 Å². The fourth-order valence-electron chi connectivity index (χ4n) is 8.86. The van der Waals surface area contributed by atoms with Gasteiger partial charge < -0.3 is 54.7 Å². The van der Waals surface area contributed by atoms with Crippen molar-refractivity contribution in [3.8, 4) is 5.75 Å². The lowest BCUT2D eigenvalue weighted by Crippen LogP contribution is -2.63. The Bertz CT molecular complexity index is 2270. The largest absolute Gasteiger partial charge is 0.495 e. The summed E-state index contributed by atoms with van der Waals surface area (Å²) in [4.78, 5) is 107. The van der Waals surface area contributed by atoms with Crippen LogP contribution in [0.25, 0.3) is 0 Å². The number of nitrogens with one attached hydrogen (secondary N) is 2. The number of ether oxygens (including phenoxy) is 5. The molecule has 3 saturated heterocycles. The lowest BCUT2D eigenvalue weighted by molar-refractivity contribution is -0.163. The number of esters is 1. The van der Waals surface area contributed by atoms with Crippen molar-refractivity contribution in [1.29, 1.82) is 0 Å². The van der Waals surface area contributed by atoms with E-state index in [1.807, 2.05) is 19.1 Å². The maximum absolute atomic E-state index is 14.2. The Kier molecular flexibility index (Phi) is 19.5. The Hall–Kier alpha value is -5.26. The summed E-state index contributed by atoms with van der Waals surface area (Å²) in [6, 6.07) is 1.48. The van der Waals surface area contributed by atoms with Crippen LogP contribution in [0.3, 0.4) is 0 Å². The molecule has 4 heterocycles. The predicted octanol–water partition coefficient (Wildman–Crippen LogP) is 2.46. The van der Waals surface area contributed by atoms with Crippen LogP contribution in [0.1, 0.15) is 83.8 Å². The van der Waals surface area contributed by atoms with Crippen LogP contribution in [0, 0.1) is 5.92 Å². The molecule has 10 atom stereocenters. The van der Waals surface area contributed by atoms with Crippen LogP contribution in [-0.2, 0) is 65.5 Å². The molecule has 3 fully saturated rings. The number of amides is 6. The molecule has 21 nitrogen and oxygen atoms in total. The summed E-state index contributed by atoms with van der Waals surface area (Å²) >= 11 is 7.89. The van der Waals surface area contributed by atoms with E-state index in [1.54, 1.807) is 39.1 Å². The second-order valence-electron chi connectivity index (χ2n) is 18.7. The quantitative estimate of drug-likeness (QED) is 0.0648. The van der Waals surface area contributed by atoms with Gasteiger partial charge in [0, 0.05) is 78.2 Å². The molecule has 6 N–H and O–H groups in total. The number of carbonyl (C=O) groups is 8. The number of allylic oxidation sites excluding steroid dienone is 3. The van der Waals surface area contributed by atoms with Gasteiger partial charge in [0.1, 0.15) is 41.7 Å². The Balaban J connectivity index is 1.26. The average Bonchev–Trinajstić information content (AvgIpc) is 3.94. The molecule has 392 valence electrons. The number of carboxylic acid groups (broad SMARTS) is 1. The zero-order valence-corrected chi connectivity index (χ0v) is 43.0. The van der Waals surface area contributed by atoms with E-state index in [0.29, 0.717) is 29.2 Å². The Labute approximate surface area is 422 Å². The minimum absolute atomic E-state index is 0.0677. The van der Waals surface area contributed by atoms with Gasteiger partial charge in [0.25, 0.3) is 0 Å². The highest BCUT2D eigenvalue weighted by molar-refractivity contribution is 8.00. The predicted molar refractivity (Wildman–Crippen MR) is 259 cm³/mol. The Morgan fingerprint density at radius 3 is 2.52 bits per heavy atom. The molecule has 0 aromatic heterocycles. The van der Waals surface area contributed by atoms with E-state index >= 15 is 0 Å². The highest BCUT2D eigenvalue weighted by atomic mass is 35.5. The van der Waals surface area contributed by atoms with Crippen molar-refractivity contribution in [3.63, 3.8) is 0 Å². The summed E-state index contributed by atoms with van der Waals surface area (Å²) in [5.41, 5.74) is 4.65. The number of halogens is 1. The van der Waals surface area contributed by atoms with Gasteiger partial charge in [-0.2, -0.15) is 0 Å². The SMILES string of the molecule is COc1cc2cc(c1Cl)CN(C)C(=O)CC(OC(=O)[C@H](C)N(C)C(=O)CCSC1CC(=O)N(CCC(=O)NCCCC(N)C(=O)O)C1=O)[C@]1(C)O[C@H]1[C@H](C)[C@@H]1C[C@@](O)(NC(=O)O1)[C@H](OC)/C=C/C=C(\C)C2. The number of likely N-dealkylation sites (tertiary alicyclic amines) is 1. The van der Waals surface area contributed by atoms with Gasteiger partial charge in [-0.1, -0.05) is 48.4 Å². The Morgan fingerprint density at radius 1 is 1.13 bits per heavy atom. The van der Waals surface area contributed by atoms with Gasteiger partial charge in [-0.15, -0.1) is 11.8 Å². The molecule has 3 unspecified atom stereocenters. The summed E-state index contributed by atoms with van der Waals surface area (Å²) in [5.74, 6) is -4.30. The van der Waals surface area contributed by atoms with Crippen molar-refractivity contribution < 1.29 is 72.3 Å². The molecule has 4 aliphatic heterocycles. The number of hydrogen-bond donors (Lipinski definition) is 5. The number of nitrogens with zero attached hydrogens (tertiary/aromatic N) is 3. The van der Waals surface area contributed by atoms with Gasteiger partial charge in [-0.25, -0.2) is 9.59 Å². The highest BCUT2D eigenvalue weighted by Crippen LogP contribution is 2.49. The minimum atomic E-state index is -1.89. The third-order valence-corrected chi connectivity index (χ3v) is 15.1. The zero-order valence-electron chi connectivity index (χ0n) is 41.4. The van der Waals surface area contributed by atoms with Crippen LogP contribution >= 0.6 is 23.4 Å². The summed E-state index contributed by atoms with van der Waals surface area (Å²) < 4.78 is 29.3. The van der Waals surface area contributed by atoms with Crippen LogP contribution in [-0.4, -0.2) is 173 Å². The van der Waals surface area contributed by atoms with E-state index in [0.717, 1.165) is 27.8 Å². The van der Waals surface area contributed by atoms with Crippen LogP contribution in [0.5, 0.6) is 5.75 Å². The van der Waals surface area contributed by atoms with Crippen molar-refractivity contribution in [3.05, 3.63) is 52.1 Å². The number of rotatable bonds is 17. The number of aliphatic carboxylic acids is 1. The van der Waals surface area contributed by atoms with Crippen molar-refractivity contribution in [2.24, 2.45) is 11.7 Å². The second-order valence-corrected chi connectivity index (χ2v) is 20.4. The third-order valence-electron chi connectivity index (χ3n) is 13.4. The van der Waals surface area contributed by atoms with E-state index in [1.165, 1.54) is 38.0 Å². The van der Waals surface area contributed by atoms with Crippen molar-refractivity contribution in [2.45, 2.75) is 139 Å². The zero-order chi connectivity index (χ0) is 52.5. The number of methoxy groups -OCH3 is 2. The molecule has 71 heavy (non-hydrogen) atoms. The van der Waals surface area contributed by atoms with Crippen molar-refractivity contribution >= 4 is 70.9 Å². The molecule has 6 amide bonds. The van der Waals surface area contributed by atoms with E-state index in [9.17, 15) is 43.5 Å². The van der Waals surface area contributed by atoms with Crippen molar-refractivity contribution in [2.75, 3.05) is 47.2 Å². The van der Waals surface area contributed by atoms with Gasteiger partial charge >= 0.3 is 18.0 Å². The van der Waals surface area contributed by atoms with E-state index in [-0.39, 0.29) is 63.9 Å². The molecule has 0 aliphatic carbocycles. The van der Waals surface area contributed by atoms with Gasteiger partial charge in [0.05, 0.1) is 29.9 Å². The number of aliphatic hydroxyl groups is 1. The lowest BCUT2D eigenvalue weighted by atomic mass is 9.83. The number of likely N-dealkylation sites (N-methyl/N-ethyl adjacent to an activating group) is 1. The van der Waals surface area contributed by atoms with Crippen LogP contribution < -0.4 is 21.1 Å². The first kappa shape index (κ1) is 56.7. The third kappa shape index (κ3) is 14.2. The number of hydrogen-bond acceptors (Lipinski definition) is 16. The molecule has 1 aromatic rings. The minimum Gasteiger partial charge on any atom is -0.495 e. The first-order valence-electron chi connectivity index (χ1n) is 23.4. The van der Waals surface area contributed by atoms with Gasteiger partial charge in [-0.05, 0) is 57.2 Å². The van der Waals surface area contributed by atoms with Gasteiger partial charge in [-0.3, -0.25) is 39.0 Å². The number of carbonyl (C=O) groups excluding carboxylic acids is 7. The molecule has 0 saturated carbocycles. The number of alkyl carbamates (subject to hydrolysis) is 1. The lowest BCUT2D eigenvalue weighted by Gasteiger charge is -2.42. The summed E-state index contributed by atoms with van der Waals surface area (Å²) in [6.07, 6.45) is 0.616. The first-order valence-corrected chi connectivity index (χ1v) is 24.9. The van der Waals surface area contributed by atoms with Gasteiger partial charge in [0.2, 0.25) is 29.5 Å². The Morgan fingerprint density at radius 2 is 1.85 bits per heavy atom. The number of benzene rings is 1. The summed E-state index contributed by atoms with van der Waals surface area (Å²) in [7, 11) is 5.90. The first-order chi connectivity index (χ1) is 33.4. The van der Waals surface area contributed by atoms with E-state index < -0.39 is 107 Å². The maximum atomic E-state index is 14.2.